The minimum Gasteiger partial charge on any atom is -0.393 e. The van der Waals surface area contributed by atoms with Gasteiger partial charge in [0, 0.05) is 10.8 Å². The van der Waals surface area contributed by atoms with Crippen molar-refractivity contribution in [2.45, 2.75) is 6.92 Å². The highest BCUT2D eigenvalue weighted by molar-refractivity contribution is 7.90. The molecule has 0 saturated carbocycles. The van der Waals surface area contributed by atoms with E-state index in [1.165, 1.54) is 18.3 Å². The van der Waals surface area contributed by atoms with Crippen molar-refractivity contribution in [1.82, 2.24) is 4.98 Å². The zero-order chi connectivity index (χ0) is 14.5. The summed E-state index contributed by atoms with van der Waals surface area (Å²) in [6.45, 7) is 2.28. The summed E-state index contributed by atoms with van der Waals surface area (Å²) in [5, 5.41) is 10.1. The molecule has 0 spiro atoms. The van der Waals surface area contributed by atoms with Gasteiger partial charge in [0.15, 0.2) is 0 Å². The molecule has 0 amide bonds. The zero-order valence-corrected chi connectivity index (χ0v) is 12.1. The topological polar surface area (TPSA) is 75.4 Å². The molecular formula is C12H12ClN2O4S+. The lowest BCUT2D eigenvalue weighted by molar-refractivity contribution is -0.896. The van der Waals surface area contributed by atoms with Crippen LogP contribution < -0.4 is 14.5 Å². The highest BCUT2D eigenvalue weighted by atomic mass is 35.5. The molecule has 0 bridgehead atoms. The van der Waals surface area contributed by atoms with Crippen molar-refractivity contribution in [3.05, 3.63) is 46.0 Å². The van der Waals surface area contributed by atoms with Gasteiger partial charge in [-0.15, -0.1) is 0 Å². The Morgan fingerprint density at radius 3 is 2.95 bits per heavy atom. The summed E-state index contributed by atoms with van der Waals surface area (Å²) in [7, 11) is 0. The van der Waals surface area contributed by atoms with Gasteiger partial charge in [-0.05, 0) is 25.1 Å². The van der Waals surface area contributed by atoms with E-state index < -0.39 is 5.56 Å². The van der Waals surface area contributed by atoms with Gasteiger partial charge in [0.2, 0.25) is 24.3 Å². The molecule has 0 radical (unpaired) electrons. The Morgan fingerprint density at radius 2 is 2.25 bits per heavy atom. The first-order valence-corrected chi connectivity index (χ1v) is 6.77. The third-order valence-electron chi connectivity index (χ3n) is 2.36. The first-order valence-electron chi connectivity index (χ1n) is 5.72. The second-order valence-corrected chi connectivity index (χ2v) is 4.62. The molecule has 6 nitrogen and oxygen atoms in total. The number of aromatic amines is 1. The van der Waals surface area contributed by atoms with Gasteiger partial charge < -0.3 is 9.17 Å². The lowest BCUT2D eigenvalue weighted by Crippen LogP contribution is -2.34. The van der Waals surface area contributed by atoms with Crippen molar-refractivity contribution < 1.29 is 18.3 Å². The number of halogens is 1. The molecule has 0 aromatic carbocycles. The van der Waals surface area contributed by atoms with Crippen LogP contribution in [0, 0.1) is 0 Å². The monoisotopic (exact) mass is 315 g/mol. The van der Waals surface area contributed by atoms with E-state index in [2.05, 4.69) is 4.98 Å². The number of hydrogen-bond acceptors (Lipinski definition) is 5. The van der Waals surface area contributed by atoms with Gasteiger partial charge in [0.05, 0.1) is 6.61 Å². The van der Waals surface area contributed by atoms with E-state index in [1.54, 1.807) is 12.1 Å². The Morgan fingerprint density at radius 1 is 1.45 bits per heavy atom. The van der Waals surface area contributed by atoms with Gasteiger partial charge in [-0.25, -0.2) is 0 Å². The first kappa shape index (κ1) is 14.7. The van der Waals surface area contributed by atoms with Crippen LogP contribution in [0.15, 0.2) is 35.3 Å². The first-order chi connectivity index (χ1) is 9.63. The Hall–Kier alpha value is -1.70. The van der Waals surface area contributed by atoms with Crippen LogP contribution in [0.2, 0.25) is 5.15 Å². The van der Waals surface area contributed by atoms with Crippen LogP contribution in [0.4, 0.5) is 0 Å². The number of pyridine rings is 2. The van der Waals surface area contributed by atoms with Crippen molar-refractivity contribution in [3.63, 3.8) is 0 Å². The van der Waals surface area contributed by atoms with Crippen molar-refractivity contribution in [2.24, 2.45) is 0 Å². The van der Waals surface area contributed by atoms with Gasteiger partial charge in [0.25, 0.3) is 5.56 Å². The quantitative estimate of drug-likeness (QED) is 0.291. The van der Waals surface area contributed by atoms with Crippen LogP contribution in [0.5, 0.6) is 5.75 Å². The fourth-order valence-corrected chi connectivity index (χ4v) is 2.05. The molecule has 0 saturated heterocycles. The molecule has 2 rings (SSSR count). The lowest BCUT2D eigenvalue weighted by atomic mass is 10.2. The van der Waals surface area contributed by atoms with E-state index in [9.17, 15) is 10.0 Å². The van der Waals surface area contributed by atoms with Crippen LogP contribution in [0.1, 0.15) is 6.92 Å². The maximum Gasteiger partial charge on any atom is 0.313 e. The molecule has 0 aliphatic carbocycles. The van der Waals surface area contributed by atoms with Crippen LogP contribution >= 0.6 is 23.9 Å². The molecule has 8 heteroatoms. The molecule has 0 aliphatic rings. The number of aromatic nitrogens is 2. The van der Waals surface area contributed by atoms with Crippen LogP contribution in [0.25, 0.3) is 11.3 Å². The summed E-state index contributed by atoms with van der Waals surface area (Å²) in [4.78, 5) is 14.4. The largest absolute Gasteiger partial charge is 0.393 e. The molecular weight excluding hydrogens is 304 g/mol. The average Bonchev–Trinajstić information content (AvgIpc) is 2.41. The van der Waals surface area contributed by atoms with Gasteiger partial charge in [-0.1, -0.05) is 11.6 Å². The Bertz CT molecular complexity index is 662. The van der Waals surface area contributed by atoms with Crippen molar-refractivity contribution >= 4 is 23.9 Å². The fraction of sp³-hybridized carbons (Fsp3) is 0.167. The lowest BCUT2D eigenvalue weighted by Gasteiger charge is -2.04. The van der Waals surface area contributed by atoms with Crippen molar-refractivity contribution in [3.8, 4) is 17.0 Å². The van der Waals surface area contributed by atoms with Gasteiger partial charge in [-0.2, -0.15) is 0 Å². The number of hydrogen-bond donors (Lipinski definition) is 2. The van der Waals surface area contributed by atoms with E-state index >= 15 is 0 Å². The SMILES string of the molecule is CCOSOc1ccc[n+](O)c1-c1ccc(Cl)[nH]c1=O. The van der Waals surface area contributed by atoms with Crippen molar-refractivity contribution in [2.75, 3.05) is 6.61 Å². The average molecular weight is 316 g/mol. The minimum absolute atomic E-state index is 0.206. The number of nitrogens with zero attached hydrogens (tertiary/aromatic N) is 1. The Kier molecular flexibility index (Phi) is 4.89. The standard InChI is InChI=1S/C12H11ClN2O4S/c1-2-18-20-19-9-4-3-7-15(17)11(9)8-5-6-10(13)14-12(8)16/h3-7,17H,2H2,1H3/p+1. The smallest absolute Gasteiger partial charge is 0.313 e. The molecule has 0 aliphatic heterocycles. The second-order valence-electron chi connectivity index (χ2n) is 3.67. The van der Waals surface area contributed by atoms with E-state index in [1.807, 2.05) is 6.92 Å². The van der Waals surface area contributed by atoms with Crippen LogP contribution in [-0.2, 0) is 4.18 Å². The van der Waals surface area contributed by atoms with Crippen molar-refractivity contribution in [1.29, 1.82) is 0 Å². The zero-order valence-electron chi connectivity index (χ0n) is 10.5. The van der Waals surface area contributed by atoms with Gasteiger partial charge >= 0.3 is 5.69 Å². The Balaban J connectivity index is 2.46. The normalized spacial score (nSPS) is 10.5. The Labute approximate surface area is 124 Å². The third-order valence-corrected chi connectivity index (χ3v) is 3.16. The molecule has 106 valence electrons. The molecule has 2 aromatic heterocycles. The second kappa shape index (κ2) is 6.65. The summed E-state index contributed by atoms with van der Waals surface area (Å²) in [5.74, 6) is 0.293. The molecule has 2 aromatic rings. The molecule has 0 fully saturated rings. The molecule has 20 heavy (non-hydrogen) atoms. The van der Waals surface area contributed by atoms with E-state index in [4.69, 9.17) is 20.0 Å². The third kappa shape index (κ3) is 3.24. The summed E-state index contributed by atoms with van der Waals surface area (Å²) in [6.07, 6.45) is 1.39. The number of nitrogens with one attached hydrogen (secondary N) is 1. The van der Waals surface area contributed by atoms with Crippen LogP contribution in [-0.4, -0.2) is 16.8 Å². The van der Waals surface area contributed by atoms with E-state index in [0.29, 0.717) is 12.4 Å². The number of rotatable bonds is 5. The van der Waals surface area contributed by atoms with Gasteiger partial charge in [-0.3, -0.25) is 14.2 Å². The molecule has 2 N–H and O–H groups in total. The summed E-state index contributed by atoms with van der Waals surface area (Å²) in [5.41, 5.74) is -0.0000203. The minimum atomic E-state index is -0.433. The van der Waals surface area contributed by atoms with Gasteiger partial charge in [0.1, 0.15) is 10.7 Å². The highest BCUT2D eigenvalue weighted by Crippen LogP contribution is 2.27. The number of H-pyrrole nitrogens is 1. The predicted molar refractivity (Wildman–Crippen MR) is 74.7 cm³/mol. The molecule has 0 atom stereocenters. The highest BCUT2D eigenvalue weighted by Gasteiger charge is 2.23. The van der Waals surface area contributed by atoms with Crippen LogP contribution in [0.3, 0.4) is 0 Å². The van der Waals surface area contributed by atoms with E-state index in [0.717, 1.165) is 17.1 Å². The summed E-state index contributed by atoms with van der Waals surface area (Å²) < 4.78 is 11.1. The van der Waals surface area contributed by atoms with E-state index in [-0.39, 0.29) is 16.4 Å². The maximum absolute atomic E-state index is 11.9. The summed E-state index contributed by atoms with van der Waals surface area (Å²) in [6, 6.07) is 6.21. The summed E-state index contributed by atoms with van der Waals surface area (Å²) >= 11 is 6.48. The molecule has 0 unspecified atom stereocenters. The maximum atomic E-state index is 11.9. The predicted octanol–water partition coefficient (Wildman–Crippen LogP) is 2.20. The fourth-order valence-electron chi connectivity index (χ4n) is 1.55. The molecule has 2 heterocycles.